The van der Waals surface area contributed by atoms with Crippen LogP contribution in [0.25, 0.3) is 16.9 Å². The Balaban J connectivity index is 1.85. The van der Waals surface area contributed by atoms with Gasteiger partial charge in [-0.25, -0.2) is 4.39 Å². The van der Waals surface area contributed by atoms with Gasteiger partial charge in [-0.05, 0) is 68.8 Å². The summed E-state index contributed by atoms with van der Waals surface area (Å²) in [6.07, 6.45) is -0.0274. The molecule has 0 N–H and O–H groups in total. The standard InChI is InChI=1S/C24H24ClFN2O2/c1-15-13-27(14-16(2)30-15)24(29)20-12-23(18-8-10-19(26)11-9-18)28(17(20)3)22-7-5-4-6-21(22)25/h4-12,15-16H,13-14H2,1-3H3. The molecule has 2 aromatic carbocycles. The molecule has 4 rings (SSSR count). The number of amides is 1. The molecule has 2 heterocycles. The molecule has 1 amide bonds. The van der Waals surface area contributed by atoms with Gasteiger partial charge in [0.05, 0.1) is 34.2 Å². The highest BCUT2D eigenvalue weighted by Crippen LogP contribution is 2.33. The third-order valence-electron chi connectivity index (χ3n) is 5.42. The first-order valence-electron chi connectivity index (χ1n) is 10.0. The summed E-state index contributed by atoms with van der Waals surface area (Å²) in [5.74, 6) is -0.345. The Morgan fingerprint density at radius 3 is 2.33 bits per heavy atom. The van der Waals surface area contributed by atoms with Crippen molar-refractivity contribution in [2.75, 3.05) is 13.1 Å². The summed E-state index contributed by atoms with van der Waals surface area (Å²) in [4.78, 5) is 15.3. The zero-order valence-electron chi connectivity index (χ0n) is 17.2. The highest BCUT2D eigenvalue weighted by Gasteiger charge is 2.29. The number of hydrogen-bond acceptors (Lipinski definition) is 2. The zero-order valence-corrected chi connectivity index (χ0v) is 18.0. The molecule has 1 fully saturated rings. The Morgan fingerprint density at radius 1 is 1.07 bits per heavy atom. The number of rotatable bonds is 3. The molecular weight excluding hydrogens is 403 g/mol. The molecule has 0 aliphatic carbocycles. The van der Waals surface area contributed by atoms with Gasteiger partial charge in [0.15, 0.2) is 0 Å². The van der Waals surface area contributed by atoms with Gasteiger partial charge in [-0.2, -0.15) is 0 Å². The van der Waals surface area contributed by atoms with E-state index >= 15 is 0 Å². The Kier molecular flexibility index (Phi) is 5.67. The molecule has 4 nitrogen and oxygen atoms in total. The molecule has 0 saturated carbocycles. The molecule has 1 aliphatic rings. The third kappa shape index (κ3) is 3.87. The lowest BCUT2D eigenvalue weighted by molar-refractivity contribution is -0.0586. The van der Waals surface area contributed by atoms with Crippen LogP contribution in [0.2, 0.25) is 5.02 Å². The summed E-state index contributed by atoms with van der Waals surface area (Å²) >= 11 is 6.50. The van der Waals surface area contributed by atoms with Crippen molar-refractivity contribution in [3.8, 4) is 16.9 Å². The minimum Gasteiger partial charge on any atom is -0.372 e. The van der Waals surface area contributed by atoms with Crippen molar-refractivity contribution >= 4 is 17.5 Å². The number of hydrogen-bond donors (Lipinski definition) is 0. The minimum absolute atomic E-state index is 0.0137. The second-order valence-electron chi connectivity index (χ2n) is 7.79. The van der Waals surface area contributed by atoms with E-state index in [0.717, 1.165) is 22.6 Å². The van der Waals surface area contributed by atoms with Crippen molar-refractivity contribution in [2.45, 2.75) is 33.0 Å². The summed E-state index contributed by atoms with van der Waals surface area (Å²) in [6, 6.07) is 15.6. The first-order chi connectivity index (χ1) is 14.3. The van der Waals surface area contributed by atoms with Crippen molar-refractivity contribution in [3.05, 3.63) is 76.7 Å². The van der Waals surface area contributed by atoms with Crippen LogP contribution < -0.4 is 0 Å². The van der Waals surface area contributed by atoms with Crippen LogP contribution >= 0.6 is 11.6 Å². The van der Waals surface area contributed by atoms with Crippen molar-refractivity contribution in [1.82, 2.24) is 9.47 Å². The van der Waals surface area contributed by atoms with E-state index in [1.807, 2.05) is 60.6 Å². The molecule has 156 valence electrons. The SMILES string of the molecule is Cc1c(C(=O)N2CC(C)OC(C)C2)cc(-c2ccc(F)cc2)n1-c1ccccc1Cl. The highest BCUT2D eigenvalue weighted by molar-refractivity contribution is 6.32. The fourth-order valence-corrected chi connectivity index (χ4v) is 4.33. The molecule has 2 atom stereocenters. The second-order valence-corrected chi connectivity index (χ2v) is 8.20. The van der Waals surface area contributed by atoms with Crippen LogP contribution in [0.15, 0.2) is 54.6 Å². The Labute approximate surface area is 180 Å². The van der Waals surface area contributed by atoms with Crippen LogP contribution in [0.3, 0.4) is 0 Å². The molecule has 1 aliphatic heterocycles. The average molecular weight is 427 g/mol. The maximum absolute atomic E-state index is 13.5. The quantitative estimate of drug-likeness (QED) is 0.554. The van der Waals surface area contributed by atoms with E-state index in [9.17, 15) is 9.18 Å². The maximum atomic E-state index is 13.5. The first-order valence-corrected chi connectivity index (χ1v) is 10.4. The van der Waals surface area contributed by atoms with E-state index in [-0.39, 0.29) is 23.9 Å². The lowest BCUT2D eigenvalue weighted by Crippen LogP contribution is -2.48. The van der Waals surface area contributed by atoms with Crippen LogP contribution in [0.5, 0.6) is 0 Å². The van der Waals surface area contributed by atoms with Crippen molar-refractivity contribution in [2.24, 2.45) is 0 Å². The van der Waals surface area contributed by atoms with Crippen LogP contribution in [0.1, 0.15) is 29.9 Å². The van der Waals surface area contributed by atoms with E-state index < -0.39 is 0 Å². The van der Waals surface area contributed by atoms with Gasteiger partial charge in [-0.1, -0.05) is 23.7 Å². The fourth-order valence-electron chi connectivity index (χ4n) is 4.11. The molecular formula is C24H24ClFN2O2. The van der Waals surface area contributed by atoms with Crippen molar-refractivity contribution in [3.63, 3.8) is 0 Å². The molecule has 1 aromatic heterocycles. The topological polar surface area (TPSA) is 34.5 Å². The lowest BCUT2D eigenvalue weighted by Gasteiger charge is -2.35. The molecule has 6 heteroatoms. The number of carbonyl (C=O) groups is 1. The van der Waals surface area contributed by atoms with Gasteiger partial charge in [-0.15, -0.1) is 0 Å². The van der Waals surface area contributed by atoms with Gasteiger partial charge in [0.25, 0.3) is 5.91 Å². The first kappa shape index (κ1) is 20.6. The number of carbonyl (C=O) groups excluding carboxylic acids is 1. The highest BCUT2D eigenvalue weighted by atomic mass is 35.5. The normalized spacial score (nSPS) is 19.2. The molecule has 2 unspecified atom stereocenters. The maximum Gasteiger partial charge on any atom is 0.255 e. The monoisotopic (exact) mass is 426 g/mol. The predicted molar refractivity (Wildman–Crippen MR) is 117 cm³/mol. The Morgan fingerprint density at radius 2 is 1.70 bits per heavy atom. The number of aromatic nitrogens is 1. The van der Waals surface area contributed by atoms with Crippen LogP contribution in [0.4, 0.5) is 4.39 Å². The van der Waals surface area contributed by atoms with Gasteiger partial charge in [0, 0.05) is 18.8 Å². The summed E-state index contributed by atoms with van der Waals surface area (Å²) in [7, 11) is 0. The van der Waals surface area contributed by atoms with Gasteiger partial charge in [0.2, 0.25) is 0 Å². The summed E-state index contributed by atoms with van der Waals surface area (Å²) < 4.78 is 21.3. The zero-order chi connectivity index (χ0) is 21.4. The van der Waals surface area contributed by atoms with Gasteiger partial charge >= 0.3 is 0 Å². The Bertz CT molecular complexity index is 1070. The fraction of sp³-hybridized carbons (Fsp3) is 0.292. The summed E-state index contributed by atoms with van der Waals surface area (Å²) in [5.41, 5.74) is 3.77. The van der Waals surface area contributed by atoms with Gasteiger partial charge in [0.1, 0.15) is 5.82 Å². The third-order valence-corrected chi connectivity index (χ3v) is 5.74. The van der Waals surface area contributed by atoms with E-state index in [4.69, 9.17) is 16.3 Å². The van der Waals surface area contributed by atoms with E-state index in [1.165, 1.54) is 12.1 Å². The van der Waals surface area contributed by atoms with Crippen molar-refractivity contribution < 1.29 is 13.9 Å². The average Bonchev–Trinajstić information content (AvgIpc) is 3.04. The number of nitrogens with zero attached hydrogens (tertiary/aromatic N) is 2. The number of para-hydroxylation sites is 1. The number of halogens is 2. The van der Waals surface area contributed by atoms with Crippen LogP contribution in [-0.2, 0) is 4.74 Å². The van der Waals surface area contributed by atoms with E-state index in [1.54, 1.807) is 12.1 Å². The molecule has 0 bridgehead atoms. The molecule has 30 heavy (non-hydrogen) atoms. The number of morpholine rings is 1. The molecule has 3 aromatic rings. The summed E-state index contributed by atoms with van der Waals surface area (Å²) in [6.45, 7) is 6.96. The largest absolute Gasteiger partial charge is 0.372 e. The minimum atomic E-state index is -0.307. The number of ether oxygens (including phenoxy) is 1. The van der Waals surface area contributed by atoms with Crippen LogP contribution in [0, 0.1) is 12.7 Å². The van der Waals surface area contributed by atoms with E-state index in [0.29, 0.717) is 23.7 Å². The molecule has 0 spiro atoms. The number of benzene rings is 2. The van der Waals surface area contributed by atoms with E-state index in [2.05, 4.69) is 0 Å². The lowest BCUT2D eigenvalue weighted by atomic mass is 10.1. The smallest absolute Gasteiger partial charge is 0.255 e. The van der Waals surface area contributed by atoms with Crippen molar-refractivity contribution in [1.29, 1.82) is 0 Å². The van der Waals surface area contributed by atoms with Gasteiger partial charge in [-0.3, -0.25) is 4.79 Å². The summed E-state index contributed by atoms with van der Waals surface area (Å²) in [5, 5.41) is 0.576. The molecule has 0 radical (unpaired) electrons. The Hall–Kier alpha value is -2.63. The predicted octanol–water partition coefficient (Wildman–Crippen LogP) is 5.49. The molecule has 1 saturated heterocycles. The van der Waals surface area contributed by atoms with Gasteiger partial charge < -0.3 is 14.2 Å². The second kappa shape index (κ2) is 8.25. The van der Waals surface area contributed by atoms with Crippen LogP contribution in [-0.4, -0.2) is 40.7 Å².